The van der Waals surface area contributed by atoms with Crippen LogP contribution in [-0.2, 0) is 9.59 Å². The molecule has 3 amide bonds. The minimum Gasteiger partial charge on any atom is -0.487 e. The number of ketones is 1. The zero-order valence-corrected chi connectivity index (χ0v) is 27.3. The number of halogens is 2. The Morgan fingerprint density at radius 2 is 1.80 bits per heavy atom. The summed E-state index contributed by atoms with van der Waals surface area (Å²) >= 11 is 9.92. The van der Waals surface area contributed by atoms with Crippen molar-refractivity contribution < 1.29 is 29.0 Å². The van der Waals surface area contributed by atoms with Gasteiger partial charge in [-0.15, -0.1) is 0 Å². The normalized spacial score (nSPS) is 18.3. The molecule has 3 aromatic rings. The summed E-state index contributed by atoms with van der Waals surface area (Å²) < 4.78 is 7.18. The molecule has 0 saturated carbocycles. The lowest BCUT2D eigenvalue weighted by molar-refractivity contribution is -0.136. The topological polar surface area (TPSA) is 129 Å². The van der Waals surface area contributed by atoms with E-state index in [0.29, 0.717) is 23.7 Å². The number of amidine groups is 1. The highest BCUT2D eigenvalue weighted by molar-refractivity contribution is 9.10. The number of ether oxygens (including phenoxy) is 1. The number of carbonyl (C=O) groups is 4. The predicted molar refractivity (Wildman–Crippen MR) is 173 cm³/mol. The Labute approximate surface area is 274 Å². The highest BCUT2D eigenvalue weighted by Gasteiger charge is 2.45. The smallest absolute Gasteiger partial charge is 0.326 e. The van der Waals surface area contributed by atoms with Crippen LogP contribution in [0.5, 0.6) is 5.75 Å². The quantitative estimate of drug-likeness (QED) is 0.229. The van der Waals surface area contributed by atoms with Gasteiger partial charge in [0.1, 0.15) is 36.2 Å². The standard InChI is InChI=1S/C33H32BrClN4O6/c1-33(2,3)45-26-16-20(25(40)17-28(42)43)9-12-24(26)31-37-29(21-5-4-6-23(35)15-21)30(19-7-10-22(34)11-8-19)39(31)32(44)38-14-13-36-27(41)18-38/h4-12,15-16,29-30H,13-14,17-18H2,1-3H3,(H,36,41)(H,42,43)/t29-,30+/m0/s1. The van der Waals surface area contributed by atoms with Crippen molar-refractivity contribution in [3.05, 3.63) is 98.5 Å². The number of amides is 3. The fourth-order valence-corrected chi connectivity index (χ4v) is 5.84. The molecule has 3 aromatic carbocycles. The van der Waals surface area contributed by atoms with E-state index in [1.807, 2.05) is 63.2 Å². The molecule has 2 aliphatic heterocycles. The Bertz CT molecular complexity index is 1690. The Morgan fingerprint density at radius 3 is 2.44 bits per heavy atom. The number of Topliss-reactive ketones (excluding diaryl/α,β-unsaturated/α-hetero) is 1. The summed E-state index contributed by atoms with van der Waals surface area (Å²) in [6.45, 7) is 6.02. The van der Waals surface area contributed by atoms with Gasteiger partial charge in [-0.2, -0.15) is 0 Å². The van der Waals surface area contributed by atoms with Crippen molar-refractivity contribution in [2.24, 2.45) is 4.99 Å². The average Bonchev–Trinajstić information content (AvgIpc) is 3.36. The first-order valence-corrected chi connectivity index (χ1v) is 15.5. The van der Waals surface area contributed by atoms with Crippen molar-refractivity contribution in [2.45, 2.75) is 44.9 Å². The highest BCUT2D eigenvalue weighted by atomic mass is 79.9. The van der Waals surface area contributed by atoms with Crippen molar-refractivity contribution in [1.82, 2.24) is 15.1 Å². The van der Waals surface area contributed by atoms with Gasteiger partial charge in [0, 0.05) is 28.1 Å². The molecule has 0 aromatic heterocycles. The van der Waals surface area contributed by atoms with Crippen molar-refractivity contribution in [2.75, 3.05) is 19.6 Å². The van der Waals surface area contributed by atoms with E-state index >= 15 is 0 Å². The van der Waals surface area contributed by atoms with Crippen molar-refractivity contribution in [3.63, 3.8) is 0 Å². The molecule has 0 unspecified atom stereocenters. The number of urea groups is 1. The Balaban J connectivity index is 1.73. The molecule has 0 spiro atoms. The minimum absolute atomic E-state index is 0.120. The molecule has 5 rings (SSSR count). The van der Waals surface area contributed by atoms with Gasteiger partial charge >= 0.3 is 12.0 Å². The van der Waals surface area contributed by atoms with Crippen LogP contribution in [0.4, 0.5) is 4.79 Å². The highest BCUT2D eigenvalue weighted by Crippen LogP contribution is 2.46. The van der Waals surface area contributed by atoms with Crippen molar-refractivity contribution in [3.8, 4) is 5.75 Å². The van der Waals surface area contributed by atoms with Gasteiger partial charge in [-0.1, -0.05) is 57.9 Å². The number of rotatable bonds is 7. The Hall–Kier alpha value is -4.22. The summed E-state index contributed by atoms with van der Waals surface area (Å²) in [4.78, 5) is 59.1. The molecule has 2 atom stereocenters. The number of carbonyl (C=O) groups excluding carboxylic acids is 3. The predicted octanol–water partition coefficient (Wildman–Crippen LogP) is 6.03. The molecule has 1 saturated heterocycles. The maximum absolute atomic E-state index is 14.5. The first-order chi connectivity index (χ1) is 21.3. The minimum atomic E-state index is -1.24. The number of aliphatic imine (C=N–C) groups is 1. The molecule has 2 N–H and O–H groups in total. The third-order valence-corrected chi connectivity index (χ3v) is 8.02. The van der Waals surface area contributed by atoms with E-state index in [2.05, 4.69) is 21.2 Å². The number of carboxylic acid groups (broad SMARTS) is 1. The molecule has 0 bridgehead atoms. The van der Waals surface area contributed by atoms with Crippen LogP contribution in [0.3, 0.4) is 0 Å². The molecule has 2 heterocycles. The van der Waals surface area contributed by atoms with Crippen LogP contribution < -0.4 is 10.1 Å². The number of carboxylic acids is 1. The lowest BCUT2D eigenvalue weighted by Crippen LogP contribution is -2.55. The van der Waals surface area contributed by atoms with Crippen molar-refractivity contribution >= 4 is 57.1 Å². The monoisotopic (exact) mass is 694 g/mol. The van der Waals surface area contributed by atoms with E-state index in [-0.39, 0.29) is 29.6 Å². The SMILES string of the molecule is CC(C)(C)Oc1cc(C(=O)CC(=O)O)ccc1C1=N[C@@H](c2cccc(Cl)c2)[C@@H](c2ccc(Br)cc2)N1C(=O)N1CCNC(=O)C1. The third kappa shape index (κ3) is 7.37. The Morgan fingerprint density at radius 1 is 1.07 bits per heavy atom. The van der Waals surface area contributed by atoms with E-state index in [1.54, 1.807) is 17.0 Å². The molecule has 1 fully saturated rings. The number of benzene rings is 3. The molecular weight excluding hydrogens is 664 g/mol. The van der Waals surface area contributed by atoms with Crippen LogP contribution >= 0.6 is 27.5 Å². The second-order valence-corrected chi connectivity index (χ2v) is 13.1. The van der Waals surface area contributed by atoms with E-state index in [0.717, 1.165) is 15.6 Å². The molecule has 45 heavy (non-hydrogen) atoms. The van der Waals surface area contributed by atoms with Crippen LogP contribution in [0, 0.1) is 0 Å². The Kier molecular flexibility index (Phi) is 9.31. The van der Waals surface area contributed by atoms with E-state index < -0.39 is 41.9 Å². The maximum Gasteiger partial charge on any atom is 0.326 e. The van der Waals surface area contributed by atoms with E-state index in [9.17, 15) is 24.3 Å². The van der Waals surface area contributed by atoms with E-state index in [4.69, 9.17) is 21.3 Å². The summed E-state index contributed by atoms with van der Waals surface area (Å²) in [7, 11) is 0. The summed E-state index contributed by atoms with van der Waals surface area (Å²) in [5.41, 5.74) is 1.42. The summed E-state index contributed by atoms with van der Waals surface area (Å²) in [5.74, 6) is -1.56. The van der Waals surface area contributed by atoms with Gasteiger partial charge < -0.3 is 20.1 Å². The number of aliphatic carboxylic acids is 1. The largest absolute Gasteiger partial charge is 0.487 e. The van der Waals surface area contributed by atoms with Crippen LogP contribution in [0.15, 0.2) is 76.2 Å². The molecule has 2 aliphatic rings. The van der Waals surface area contributed by atoms with Gasteiger partial charge in [0.05, 0.1) is 11.6 Å². The molecule has 12 heteroatoms. The summed E-state index contributed by atoms with van der Waals surface area (Å²) in [6, 6.07) is 17.8. The van der Waals surface area contributed by atoms with Crippen molar-refractivity contribution in [1.29, 1.82) is 0 Å². The first-order valence-electron chi connectivity index (χ1n) is 14.3. The maximum atomic E-state index is 14.5. The number of hydrogen-bond donors (Lipinski definition) is 2. The van der Waals surface area contributed by atoms with Gasteiger partial charge in [-0.3, -0.25) is 24.3 Å². The second kappa shape index (κ2) is 13.0. The fourth-order valence-electron chi connectivity index (χ4n) is 5.37. The first kappa shape index (κ1) is 32.2. The summed E-state index contributed by atoms with van der Waals surface area (Å²) in [5, 5.41) is 12.5. The number of piperazine rings is 1. The van der Waals surface area contributed by atoms with Gasteiger partial charge in [0.2, 0.25) is 5.91 Å². The number of hydrogen-bond acceptors (Lipinski definition) is 6. The summed E-state index contributed by atoms with van der Waals surface area (Å²) in [6.07, 6.45) is -0.681. The molecule has 0 aliphatic carbocycles. The van der Waals surface area contributed by atoms with E-state index in [1.165, 1.54) is 17.0 Å². The van der Waals surface area contributed by atoms with Gasteiger partial charge in [-0.25, -0.2) is 4.79 Å². The number of nitrogens with one attached hydrogen (secondary N) is 1. The average molecular weight is 696 g/mol. The van der Waals surface area contributed by atoms with Crippen LogP contribution in [0.1, 0.15) is 66.3 Å². The van der Waals surface area contributed by atoms with Crippen LogP contribution in [-0.4, -0.2) is 69.7 Å². The van der Waals surface area contributed by atoms with Crippen LogP contribution in [0.2, 0.25) is 5.02 Å². The van der Waals surface area contributed by atoms with Gasteiger partial charge in [0.15, 0.2) is 5.78 Å². The fraction of sp³-hybridized carbons (Fsp3) is 0.303. The molecule has 0 radical (unpaired) electrons. The van der Waals surface area contributed by atoms with Gasteiger partial charge in [-0.05, 0) is 68.3 Å². The molecular formula is C33H32BrClN4O6. The molecule has 234 valence electrons. The molecule has 10 nitrogen and oxygen atoms in total. The van der Waals surface area contributed by atoms with Crippen LogP contribution in [0.25, 0.3) is 0 Å². The lowest BCUT2D eigenvalue weighted by atomic mass is 9.93. The zero-order chi connectivity index (χ0) is 32.5. The number of nitrogens with zero attached hydrogens (tertiary/aromatic N) is 3. The third-order valence-electron chi connectivity index (χ3n) is 7.26. The second-order valence-electron chi connectivity index (χ2n) is 11.8. The zero-order valence-electron chi connectivity index (χ0n) is 24.9. The lowest BCUT2D eigenvalue weighted by Gasteiger charge is -2.36. The van der Waals surface area contributed by atoms with Gasteiger partial charge in [0.25, 0.3) is 0 Å².